The lowest BCUT2D eigenvalue weighted by molar-refractivity contribution is -0.119. The van der Waals surface area contributed by atoms with Crippen LogP contribution in [0.4, 0.5) is 11.6 Å². The number of rotatable bonds is 6. The lowest BCUT2D eigenvalue weighted by Gasteiger charge is -2.18. The summed E-state index contributed by atoms with van der Waals surface area (Å²) in [5.74, 6) is 2.27. The molecule has 0 radical (unpaired) electrons. The number of carbonyl (C=O) groups excluding carboxylic acids is 1. The Bertz CT molecular complexity index is 407. The molecule has 1 heterocycles. The van der Waals surface area contributed by atoms with Crippen LogP contribution in [0, 0.1) is 0 Å². The molecule has 100 valence electrons. The predicted molar refractivity (Wildman–Crippen MR) is 72.9 cm³/mol. The van der Waals surface area contributed by atoms with Gasteiger partial charge in [-0.05, 0) is 6.42 Å². The van der Waals surface area contributed by atoms with Gasteiger partial charge in [-0.1, -0.05) is 6.92 Å². The molecule has 0 saturated carbocycles. The zero-order valence-corrected chi connectivity index (χ0v) is 11.4. The van der Waals surface area contributed by atoms with E-state index in [4.69, 9.17) is 0 Å². The molecule has 1 aromatic heterocycles. The number of aromatic nitrogens is 2. The van der Waals surface area contributed by atoms with Gasteiger partial charge < -0.3 is 15.5 Å². The first-order chi connectivity index (χ1) is 8.60. The average Bonchev–Trinajstić information content (AvgIpc) is 2.38. The molecule has 0 aliphatic rings. The van der Waals surface area contributed by atoms with Crippen molar-refractivity contribution in [3.63, 3.8) is 0 Å². The van der Waals surface area contributed by atoms with E-state index in [2.05, 4.69) is 27.5 Å². The molecule has 0 bridgehead atoms. The Kier molecular flexibility index (Phi) is 5.35. The second-order valence-electron chi connectivity index (χ2n) is 4.06. The summed E-state index contributed by atoms with van der Waals surface area (Å²) in [5.41, 5.74) is 0. The zero-order valence-electron chi connectivity index (χ0n) is 11.4. The van der Waals surface area contributed by atoms with Gasteiger partial charge in [0.1, 0.15) is 17.5 Å². The first-order valence-electron chi connectivity index (χ1n) is 6.08. The Hall–Kier alpha value is -1.85. The number of nitrogens with zero attached hydrogens (tertiary/aromatic N) is 3. The van der Waals surface area contributed by atoms with Crippen LogP contribution in [-0.4, -0.2) is 43.6 Å². The number of anilines is 2. The Morgan fingerprint density at radius 2 is 2.11 bits per heavy atom. The number of nitrogens with one attached hydrogen (secondary N) is 2. The molecule has 0 aromatic carbocycles. The highest BCUT2D eigenvalue weighted by atomic mass is 16.1. The molecule has 0 spiro atoms. The van der Waals surface area contributed by atoms with E-state index in [0.717, 1.165) is 30.3 Å². The molecule has 6 nitrogen and oxygen atoms in total. The van der Waals surface area contributed by atoms with Crippen LogP contribution >= 0.6 is 0 Å². The molecule has 6 heteroatoms. The van der Waals surface area contributed by atoms with Crippen LogP contribution in [0.3, 0.4) is 0 Å². The van der Waals surface area contributed by atoms with Crippen molar-refractivity contribution < 1.29 is 4.79 Å². The molecule has 0 unspecified atom stereocenters. The third kappa shape index (κ3) is 3.87. The minimum Gasteiger partial charge on any atom is -0.373 e. The Morgan fingerprint density at radius 3 is 2.67 bits per heavy atom. The summed E-state index contributed by atoms with van der Waals surface area (Å²) in [6, 6.07) is 1.84. The summed E-state index contributed by atoms with van der Waals surface area (Å²) in [5, 5.41) is 5.60. The van der Waals surface area contributed by atoms with Crippen molar-refractivity contribution in [2.75, 3.05) is 37.9 Å². The number of hydrogen-bond acceptors (Lipinski definition) is 5. The van der Waals surface area contributed by atoms with Crippen molar-refractivity contribution in [3.05, 3.63) is 11.9 Å². The van der Waals surface area contributed by atoms with E-state index in [1.807, 2.05) is 20.2 Å². The smallest absolute Gasteiger partial charge is 0.239 e. The topological polar surface area (TPSA) is 70.2 Å². The maximum atomic E-state index is 11.3. The molecule has 0 saturated heterocycles. The van der Waals surface area contributed by atoms with Crippen molar-refractivity contribution in [2.24, 2.45) is 0 Å². The first kappa shape index (κ1) is 14.2. The fraction of sp³-hybridized carbons (Fsp3) is 0.583. The van der Waals surface area contributed by atoms with Gasteiger partial charge >= 0.3 is 0 Å². The average molecular weight is 251 g/mol. The highest BCUT2D eigenvalue weighted by molar-refractivity contribution is 5.80. The fourth-order valence-electron chi connectivity index (χ4n) is 1.52. The molecule has 0 aliphatic carbocycles. The Balaban J connectivity index is 2.92. The maximum absolute atomic E-state index is 11.3. The van der Waals surface area contributed by atoms with E-state index in [1.54, 1.807) is 11.9 Å². The summed E-state index contributed by atoms with van der Waals surface area (Å²) in [6.07, 6.45) is 1.82. The number of carbonyl (C=O) groups is 1. The zero-order chi connectivity index (χ0) is 13.5. The number of amides is 1. The van der Waals surface area contributed by atoms with Gasteiger partial charge in [-0.15, -0.1) is 0 Å². The summed E-state index contributed by atoms with van der Waals surface area (Å²) in [6.45, 7) is 2.37. The number of aryl methyl sites for hydroxylation is 1. The van der Waals surface area contributed by atoms with Gasteiger partial charge in [-0.2, -0.15) is 0 Å². The van der Waals surface area contributed by atoms with Gasteiger partial charge in [0.05, 0.1) is 6.54 Å². The molecule has 0 aliphatic heterocycles. The number of hydrogen-bond donors (Lipinski definition) is 2. The van der Waals surface area contributed by atoms with E-state index < -0.39 is 0 Å². The second kappa shape index (κ2) is 6.78. The van der Waals surface area contributed by atoms with Gasteiger partial charge in [-0.25, -0.2) is 9.97 Å². The van der Waals surface area contributed by atoms with Crippen molar-refractivity contribution >= 4 is 17.5 Å². The third-order valence-electron chi connectivity index (χ3n) is 2.54. The van der Waals surface area contributed by atoms with Crippen LogP contribution < -0.4 is 15.5 Å². The molecular weight excluding hydrogens is 230 g/mol. The van der Waals surface area contributed by atoms with Crippen LogP contribution in [0.1, 0.15) is 19.2 Å². The van der Waals surface area contributed by atoms with Crippen LogP contribution in [0.2, 0.25) is 0 Å². The fourth-order valence-corrected chi connectivity index (χ4v) is 1.52. The van der Waals surface area contributed by atoms with Gasteiger partial charge in [0.2, 0.25) is 5.91 Å². The highest BCUT2D eigenvalue weighted by Crippen LogP contribution is 2.15. The second-order valence-corrected chi connectivity index (χ2v) is 4.06. The van der Waals surface area contributed by atoms with E-state index in [1.165, 1.54) is 0 Å². The molecule has 0 fully saturated rings. The molecule has 18 heavy (non-hydrogen) atoms. The van der Waals surface area contributed by atoms with Gasteiger partial charge in [0.25, 0.3) is 0 Å². The molecule has 1 aromatic rings. The van der Waals surface area contributed by atoms with E-state index in [-0.39, 0.29) is 12.5 Å². The minimum atomic E-state index is -0.0424. The van der Waals surface area contributed by atoms with Crippen molar-refractivity contribution in [2.45, 2.75) is 19.8 Å². The predicted octanol–water partition coefficient (Wildman–Crippen LogP) is 0.653. The quantitative estimate of drug-likeness (QED) is 0.777. The van der Waals surface area contributed by atoms with Crippen molar-refractivity contribution in [3.8, 4) is 0 Å². The first-order valence-corrected chi connectivity index (χ1v) is 6.08. The van der Waals surface area contributed by atoms with Crippen LogP contribution in [0.15, 0.2) is 6.07 Å². The van der Waals surface area contributed by atoms with Gasteiger partial charge in [0.15, 0.2) is 0 Å². The Morgan fingerprint density at radius 1 is 1.39 bits per heavy atom. The van der Waals surface area contributed by atoms with E-state index in [0.29, 0.717) is 0 Å². The summed E-state index contributed by atoms with van der Waals surface area (Å²) < 4.78 is 0. The monoisotopic (exact) mass is 251 g/mol. The summed E-state index contributed by atoms with van der Waals surface area (Å²) >= 11 is 0. The highest BCUT2D eigenvalue weighted by Gasteiger charge is 2.10. The lowest BCUT2D eigenvalue weighted by atomic mass is 10.3. The van der Waals surface area contributed by atoms with Crippen LogP contribution in [0.25, 0.3) is 0 Å². The molecule has 1 amide bonds. The molecule has 0 atom stereocenters. The lowest BCUT2D eigenvalue weighted by Crippen LogP contribution is -2.33. The molecule has 1 rings (SSSR count). The number of likely N-dealkylation sites (N-methyl/N-ethyl adjacent to an activating group) is 2. The summed E-state index contributed by atoms with van der Waals surface area (Å²) in [4.78, 5) is 22.0. The van der Waals surface area contributed by atoms with Crippen LogP contribution in [-0.2, 0) is 11.2 Å². The largest absolute Gasteiger partial charge is 0.373 e. The van der Waals surface area contributed by atoms with E-state index in [9.17, 15) is 4.79 Å². The van der Waals surface area contributed by atoms with Gasteiger partial charge in [0, 0.05) is 33.6 Å². The van der Waals surface area contributed by atoms with Crippen molar-refractivity contribution in [1.29, 1.82) is 0 Å². The normalized spacial score (nSPS) is 10.0. The third-order valence-corrected chi connectivity index (χ3v) is 2.54. The van der Waals surface area contributed by atoms with Crippen LogP contribution in [0.5, 0.6) is 0 Å². The minimum absolute atomic E-state index is 0.0424. The van der Waals surface area contributed by atoms with E-state index >= 15 is 0 Å². The Labute approximate surface area is 108 Å². The standard InChI is InChI=1S/C12H21N5O/c1-5-6-9-15-10(13-2)7-11(16-9)17(4)8-12(18)14-3/h7H,5-6,8H2,1-4H3,(H,14,18)(H,13,15,16). The van der Waals surface area contributed by atoms with Gasteiger partial charge in [-0.3, -0.25) is 4.79 Å². The summed E-state index contributed by atoms with van der Waals surface area (Å²) in [7, 11) is 5.28. The molecule has 2 N–H and O–H groups in total. The van der Waals surface area contributed by atoms with Crippen molar-refractivity contribution in [1.82, 2.24) is 15.3 Å². The maximum Gasteiger partial charge on any atom is 0.239 e. The SMILES string of the molecule is CCCc1nc(NC)cc(N(C)CC(=O)NC)n1. The molecular formula is C12H21N5O.